The third-order valence-electron chi connectivity index (χ3n) is 2.75. The average Bonchev–Trinajstić information content (AvgIpc) is 2.67. The van der Waals surface area contributed by atoms with Crippen molar-refractivity contribution in [3.05, 3.63) is 12.0 Å². The molecule has 0 bridgehead atoms. The maximum absolute atomic E-state index is 12.0. The van der Waals surface area contributed by atoms with Crippen LogP contribution in [0.3, 0.4) is 0 Å². The SMILES string of the molecule is CCn1cc(S(=O)(=O)NCC(C)(O)CC(=O)O)nc1C. The Bertz CT molecular complexity index is 591. The fourth-order valence-corrected chi connectivity index (χ4v) is 2.81. The lowest BCUT2D eigenvalue weighted by atomic mass is 10.0. The summed E-state index contributed by atoms with van der Waals surface area (Å²) >= 11 is 0. The first-order valence-electron chi connectivity index (χ1n) is 6.05. The Morgan fingerprint density at radius 1 is 1.55 bits per heavy atom. The van der Waals surface area contributed by atoms with Crippen LogP contribution in [0.15, 0.2) is 11.2 Å². The van der Waals surface area contributed by atoms with Gasteiger partial charge < -0.3 is 14.8 Å². The van der Waals surface area contributed by atoms with Gasteiger partial charge in [-0.05, 0) is 20.8 Å². The normalized spacial score (nSPS) is 15.0. The number of sulfonamides is 1. The van der Waals surface area contributed by atoms with Crippen molar-refractivity contribution in [1.82, 2.24) is 14.3 Å². The second-order valence-electron chi connectivity index (χ2n) is 4.80. The molecule has 0 saturated heterocycles. The van der Waals surface area contributed by atoms with Gasteiger partial charge in [0.25, 0.3) is 10.0 Å². The van der Waals surface area contributed by atoms with E-state index in [1.54, 1.807) is 11.5 Å². The van der Waals surface area contributed by atoms with Gasteiger partial charge in [0.2, 0.25) is 0 Å². The Morgan fingerprint density at radius 2 is 2.15 bits per heavy atom. The number of aryl methyl sites for hydroxylation is 2. The summed E-state index contributed by atoms with van der Waals surface area (Å²) in [4.78, 5) is 14.5. The third kappa shape index (κ3) is 4.29. The minimum absolute atomic E-state index is 0.150. The maximum atomic E-state index is 12.0. The molecule has 1 heterocycles. The smallest absolute Gasteiger partial charge is 0.306 e. The van der Waals surface area contributed by atoms with Crippen LogP contribution < -0.4 is 4.72 Å². The molecule has 1 atom stereocenters. The first kappa shape index (κ1) is 16.6. The van der Waals surface area contributed by atoms with Crippen LogP contribution in [0.2, 0.25) is 0 Å². The summed E-state index contributed by atoms with van der Waals surface area (Å²) in [5.41, 5.74) is -1.67. The molecule has 0 aliphatic heterocycles. The van der Waals surface area contributed by atoms with Gasteiger partial charge in [0.1, 0.15) is 5.82 Å². The Kier molecular flexibility index (Phi) is 4.90. The number of carboxylic acid groups (broad SMARTS) is 1. The van der Waals surface area contributed by atoms with Gasteiger partial charge in [-0.3, -0.25) is 4.79 Å². The zero-order chi connectivity index (χ0) is 15.6. The number of nitrogens with zero attached hydrogens (tertiary/aromatic N) is 2. The molecule has 9 heteroatoms. The highest BCUT2D eigenvalue weighted by molar-refractivity contribution is 7.89. The van der Waals surface area contributed by atoms with Crippen LogP contribution in [0, 0.1) is 6.92 Å². The summed E-state index contributed by atoms with van der Waals surface area (Å²) in [6, 6.07) is 0. The van der Waals surface area contributed by atoms with Gasteiger partial charge >= 0.3 is 5.97 Å². The van der Waals surface area contributed by atoms with Crippen molar-refractivity contribution in [2.75, 3.05) is 6.54 Å². The minimum atomic E-state index is -3.88. The lowest BCUT2D eigenvalue weighted by Crippen LogP contribution is -2.42. The molecule has 0 spiro atoms. The molecule has 0 aliphatic rings. The van der Waals surface area contributed by atoms with Gasteiger partial charge in [-0.2, -0.15) is 0 Å². The minimum Gasteiger partial charge on any atom is -0.481 e. The number of carbonyl (C=O) groups is 1. The summed E-state index contributed by atoms with van der Waals surface area (Å²) < 4.78 is 27.8. The van der Waals surface area contributed by atoms with Crippen molar-refractivity contribution in [1.29, 1.82) is 0 Å². The van der Waals surface area contributed by atoms with Gasteiger partial charge in [-0.15, -0.1) is 0 Å². The molecule has 1 aromatic rings. The van der Waals surface area contributed by atoms with Crippen molar-refractivity contribution in [2.45, 2.75) is 44.4 Å². The van der Waals surface area contributed by atoms with Crippen LogP contribution in [-0.4, -0.2) is 46.3 Å². The predicted molar refractivity (Wildman–Crippen MR) is 70.7 cm³/mol. The summed E-state index contributed by atoms with van der Waals surface area (Å²) in [5, 5.41) is 18.2. The molecule has 0 saturated carbocycles. The van der Waals surface area contributed by atoms with E-state index in [9.17, 15) is 18.3 Å². The molecule has 0 aliphatic carbocycles. The lowest BCUT2D eigenvalue weighted by Gasteiger charge is -2.20. The molecular formula is C11H19N3O5S. The molecule has 20 heavy (non-hydrogen) atoms. The van der Waals surface area contributed by atoms with Crippen molar-refractivity contribution >= 4 is 16.0 Å². The molecule has 1 rings (SSSR count). The topological polar surface area (TPSA) is 122 Å². The third-order valence-corrected chi connectivity index (χ3v) is 4.02. The second-order valence-corrected chi connectivity index (χ2v) is 6.52. The molecule has 0 radical (unpaired) electrons. The zero-order valence-electron chi connectivity index (χ0n) is 11.6. The lowest BCUT2D eigenvalue weighted by molar-refractivity contribution is -0.141. The van der Waals surface area contributed by atoms with Gasteiger partial charge in [0.15, 0.2) is 5.03 Å². The standard InChI is InChI=1S/C11H19N3O5S/c1-4-14-6-9(13-8(14)2)20(18,19)12-7-11(3,17)5-10(15)16/h6,12,17H,4-5,7H2,1-3H3,(H,15,16). The number of hydrogen-bond donors (Lipinski definition) is 3. The van der Waals surface area contributed by atoms with Crippen LogP contribution in [0.1, 0.15) is 26.1 Å². The van der Waals surface area contributed by atoms with Crippen LogP contribution in [-0.2, 0) is 21.4 Å². The van der Waals surface area contributed by atoms with Crippen molar-refractivity contribution in [2.24, 2.45) is 0 Å². The van der Waals surface area contributed by atoms with E-state index in [1.165, 1.54) is 13.1 Å². The first-order valence-corrected chi connectivity index (χ1v) is 7.53. The van der Waals surface area contributed by atoms with E-state index in [0.717, 1.165) is 0 Å². The van der Waals surface area contributed by atoms with E-state index in [4.69, 9.17) is 5.11 Å². The van der Waals surface area contributed by atoms with Crippen LogP contribution >= 0.6 is 0 Å². The van der Waals surface area contributed by atoms with Gasteiger partial charge in [0.05, 0.1) is 12.0 Å². The van der Waals surface area contributed by atoms with Gasteiger partial charge in [0, 0.05) is 19.3 Å². The number of aliphatic carboxylic acids is 1. The van der Waals surface area contributed by atoms with Gasteiger partial charge in [-0.25, -0.2) is 18.1 Å². The number of aromatic nitrogens is 2. The Morgan fingerprint density at radius 3 is 2.60 bits per heavy atom. The summed E-state index contributed by atoms with van der Waals surface area (Å²) in [5.74, 6) is -0.648. The number of hydrogen-bond acceptors (Lipinski definition) is 5. The van der Waals surface area contributed by atoms with E-state index < -0.39 is 34.6 Å². The predicted octanol–water partition coefficient (Wildman–Crippen LogP) is -0.285. The molecule has 3 N–H and O–H groups in total. The fourth-order valence-electron chi connectivity index (χ4n) is 1.64. The summed E-state index contributed by atoms with van der Waals surface area (Å²) in [6.07, 6.45) is 0.835. The highest BCUT2D eigenvalue weighted by atomic mass is 32.2. The molecule has 114 valence electrons. The van der Waals surface area contributed by atoms with Crippen molar-refractivity contribution in [3.8, 4) is 0 Å². The number of rotatable bonds is 7. The Balaban J connectivity index is 2.82. The second kappa shape index (κ2) is 5.90. The molecule has 0 aromatic carbocycles. The maximum Gasteiger partial charge on any atom is 0.306 e. The molecule has 1 aromatic heterocycles. The molecule has 1 unspecified atom stereocenters. The number of carboxylic acids is 1. The first-order chi connectivity index (χ1) is 9.07. The van der Waals surface area contributed by atoms with E-state index in [0.29, 0.717) is 12.4 Å². The van der Waals surface area contributed by atoms with E-state index in [-0.39, 0.29) is 5.03 Å². The van der Waals surface area contributed by atoms with E-state index in [1.807, 2.05) is 6.92 Å². The van der Waals surface area contributed by atoms with E-state index in [2.05, 4.69) is 9.71 Å². The van der Waals surface area contributed by atoms with Crippen molar-refractivity contribution < 1.29 is 23.4 Å². The zero-order valence-corrected chi connectivity index (χ0v) is 12.4. The summed E-state index contributed by atoms with van der Waals surface area (Å²) in [6.45, 7) is 4.98. The molecule has 8 nitrogen and oxygen atoms in total. The fraction of sp³-hybridized carbons (Fsp3) is 0.636. The Hall–Kier alpha value is -1.45. The van der Waals surface area contributed by atoms with Crippen molar-refractivity contribution in [3.63, 3.8) is 0 Å². The van der Waals surface area contributed by atoms with Crippen LogP contribution in [0.5, 0.6) is 0 Å². The number of nitrogens with one attached hydrogen (secondary N) is 1. The monoisotopic (exact) mass is 305 g/mol. The highest BCUT2D eigenvalue weighted by Gasteiger charge is 2.28. The van der Waals surface area contributed by atoms with Gasteiger partial charge in [-0.1, -0.05) is 0 Å². The quantitative estimate of drug-likeness (QED) is 0.636. The molecular weight excluding hydrogens is 286 g/mol. The Labute approximate surface area is 117 Å². The number of aliphatic hydroxyl groups is 1. The highest BCUT2D eigenvalue weighted by Crippen LogP contribution is 2.12. The number of imidazole rings is 1. The molecule has 0 amide bonds. The van der Waals surface area contributed by atoms with Crippen LogP contribution in [0.25, 0.3) is 0 Å². The summed E-state index contributed by atoms with van der Waals surface area (Å²) in [7, 11) is -3.88. The largest absolute Gasteiger partial charge is 0.481 e. The average molecular weight is 305 g/mol. The van der Waals surface area contributed by atoms with Crippen LogP contribution in [0.4, 0.5) is 0 Å². The van der Waals surface area contributed by atoms with E-state index >= 15 is 0 Å². The molecule has 0 fully saturated rings.